The van der Waals surface area contributed by atoms with Crippen LogP contribution in [0.2, 0.25) is 0 Å². The number of rotatable bonds is 6. The molecule has 0 aromatic heterocycles. The highest BCUT2D eigenvalue weighted by molar-refractivity contribution is 9.10. The summed E-state index contributed by atoms with van der Waals surface area (Å²) in [6, 6.07) is 2.71. The maximum absolute atomic E-state index is 12.4. The molecule has 5 nitrogen and oxygen atoms in total. The number of alkyl halides is 2. The molecule has 2 rings (SSSR count). The van der Waals surface area contributed by atoms with Gasteiger partial charge >= 0.3 is 12.6 Å². The van der Waals surface area contributed by atoms with E-state index in [0.29, 0.717) is 24.0 Å². The summed E-state index contributed by atoms with van der Waals surface area (Å²) >= 11 is 3.19. The highest BCUT2D eigenvalue weighted by Crippen LogP contribution is 2.38. The lowest BCUT2D eigenvalue weighted by Crippen LogP contribution is -2.35. The van der Waals surface area contributed by atoms with Crippen molar-refractivity contribution in [2.45, 2.75) is 32.0 Å². The molecule has 0 bridgehead atoms. The van der Waals surface area contributed by atoms with Crippen molar-refractivity contribution in [3.63, 3.8) is 0 Å². The first kappa shape index (κ1) is 17.0. The van der Waals surface area contributed by atoms with Gasteiger partial charge in [0.05, 0.1) is 11.6 Å². The summed E-state index contributed by atoms with van der Waals surface area (Å²) in [6.07, 6.45) is 1.43. The number of carbonyl (C=O) groups is 1. The van der Waals surface area contributed by atoms with E-state index < -0.39 is 18.6 Å². The molecule has 122 valence electrons. The van der Waals surface area contributed by atoms with Crippen molar-refractivity contribution in [2.24, 2.45) is 0 Å². The van der Waals surface area contributed by atoms with Crippen molar-refractivity contribution in [1.29, 1.82) is 0 Å². The van der Waals surface area contributed by atoms with E-state index in [4.69, 9.17) is 4.74 Å². The Hall–Kier alpha value is -1.41. The summed E-state index contributed by atoms with van der Waals surface area (Å²) in [5.41, 5.74) is 0.762. The lowest BCUT2D eigenvalue weighted by atomic mass is 10.1. The molecule has 1 N–H and O–H groups in total. The van der Waals surface area contributed by atoms with Crippen LogP contribution in [-0.2, 0) is 11.3 Å². The van der Waals surface area contributed by atoms with Crippen LogP contribution < -0.4 is 9.47 Å². The molecule has 1 aliphatic rings. The minimum absolute atomic E-state index is 0.0718. The molecule has 0 radical (unpaired) electrons. The van der Waals surface area contributed by atoms with Gasteiger partial charge in [-0.1, -0.05) is 0 Å². The number of likely N-dealkylation sites (tertiary alicyclic amines) is 1. The summed E-state index contributed by atoms with van der Waals surface area (Å²) in [6.45, 7) is -1.86. The zero-order valence-electron chi connectivity index (χ0n) is 11.9. The van der Waals surface area contributed by atoms with Crippen LogP contribution in [0.15, 0.2) is 16.6 Å². The SMILES string of the molecule is COc1cc(CN2CCCC2C(=O)O)cc(Br)c1OC(F)F. The van der Waals surface area contributed by atoms with E-state index in [0.717, 1.165) is 12.0 Å². The first-order chi connectivity index (χ1) is 10.4. The molecule has 1 aromatic rings. The van der Waals surface area contributed by atoms with E-state index in [1.54, 1.807) is 12.1 Å². The molecule has 1 saturated heterocycles. The lowest BCUT2D eigenvalue weighted by Gasteiger charge is -2.22. The molecule has 1 fully saturated rings. The van der Waals surface area contributed by atoms with Crippen molar-refractivity contribution in [3.05, 3.63) is 22.2 Å². The first-order valence-corrected chi connectivity index (χ1v) is 7.49. The number of hydrogen-bond acceptors (Lipinski definition) is 4. The number of nitrogens with zero attached hydrogens (tertiary/aromatic N) is 1. The van der Waals surface area contributed by atoms with Gasteiger partial charge in [0, 0.05) is 6.54 Å². The van der Waals surface area contributed by atoms with Gasteiger partial charge in [-0.3, -0.25) is 9.69 Å². The van der Waals surface area contributed by atoms with Gasteiger partial charge in [-0.25, -0.2) is 0 Å². The van der Waals surface area contributed by atoms with E-state index in [-0.39, 0.29) is 11.5 Å². The van der Waals surface area contributed by atoms with E-state index in [1.807, 2.05) is 4.90 Å². The van der Waals surface area contributed by atoms with Crippen LogP contribution in [0.5, 0.6) is 11.5 Å². The van der Waals surface area contributed by atoms with Crippen LogP contribution in [0.25, 0.3) is 0 Å². The van der Waals surface area contributed by atoms with Gasteiger partial charge in [0.1, 0.15) is 6.04 Å². The van der Waals surface area contributed by atoms with Crippen molar-refractivity contribution in [2.75, 3.05) is 13.7 Å². The van der Waals surface area contributed by atoms with Crippen molar-refractivity contribution >= 4 is 21.9 Å². The van der Waals surface area contributed by atoms with E-state index in [9.17, 15) is 18.7 Å². The number of carboxylic acid groups (broad SMARTS) is 1. The third-order valence-corrected chi connectivity index (χ3v) is 4.12. The van der Waals surface area contributed by atoms with Crippen molar-refractivity contribution < 1.29 is 28.2 Å². The molecule has 1 heterocycles. The monoisotopic (exact) mass is 379 g/mol. The standard InChI is InChI=1S/C14H16BrF2NO4/c1-21-11-6-8(5-9(15)12(11)22-14(16)17)7-18-4-2-3-10(18)13(19)20/h5-6,10,14H,2-4,7H2,1H3,(H,19,20). The first-order valence-electron chi connectivity index (χ1n) is 6.70. The summed E-state index contributed by atoms with van der Waals surface area (Å²) < 4.78 is 34.7. The number of benzene rings is 1. The Kier molecular flexibility index (Phi) is 5.57. The average Bonchev–Trinajstić information content (AvgIpc) is 2.89. The van der Waals surface area contributed by atoms with Crippen LogP contribution >= 0.6 is 15.9 Å². The predicted octanol–water partition coefficient (Wildman–Crippen LogP) is 3.11. The zero-order chi connectivity index (χ0) is 16.3. The van der Waals surface area contributed by atoms with Crippen molar-refractivity contribution in [1.82, 2.24) is 4.90 Å². The number of hydrogen-bond donors (Lipinski definition) is 1. The highest BCUT2D eigenvalue weighted by Gasteiger charge is 2.30. The highest BCUT2D eigenvalue weighted by atomic mass is 79.9. The van der Waals surface area contributed by atoms with Gasteiger partial charge in [-0.15, -0.1) is 0 Å². The fourth-order valence-electron chi connectivity index (χ4n) is 2.60. The summed E-state index contributed by atoms with van der Waals surface area (Å²) in [7, 11) is 1.36. The molecule has 0 spiro atoms. The van der Waals surface area contributed by atoms with Crippen LogP contribution in [0.1, 0.15) is 18.4 Å². The van der Waals surface area contributed by atoms with Gasteiger partial charge in [-0.05, 0) is 53.0 Å². The third-order valence-electron chi connectivity index (χ3n) is 3.53. The van der Waals surface area contributed by atoms with Gasteiger partial charge in [0.2, 0.25) is 0 Å². The Bertz CT molecular complexity index is 556. The van der Waals surface area contributed by atoms with Gasteiger partial charge in [0.15, 0.2) is 11.5 Å². The molecule has 8 heteroatoms. The van der Waals surface area contributed by atoms with E-state index >= 15 is 0 Å². The Labute approximate surface area is 134 Å². The molecular weight excluding hydrogens is 364 g/mol. The summed E-state index contributed by atoms with van der Waals surface area (Å²) in [5, 5.41) is 9.18. The quantitative estimate of drug-likeness (QED) is 0.822. The normalized spacial score (nSPS) is 18.7. The van der Waals surface area contributed by atoms with Gasteiger partial charge in [0.25, 0.3) is 0 Å². The molecule has 1 atom stereocenters. The predicted molar refractivity (Wildman–Crippen MR) is 78.4 cm³/mol. The summed E-state index contributed by atoms with van der Waals surface area (Å²) in [5.74, 6) is -0.741. The van der Waals surface area contributed by atoms with Crippen molar-refractivity contribution in [3.8, 4) is 11.5 Å². The topological polar surface area (TPSA) is 59.0 Å². The van der Waals surface area contributed by atoms with Crippen LogP contribution in [0, 0.1) is 0 Å². The molecule has 0 amide bonds. The molecule has 1 aromatic carbocycles. The molecule has 0 saturated carbocycles. The maximum Gasteiger partial charge on any atom is 0.387 e. The zero-order valence-corrected chi connectivity index (χ0v) is 13.5. The largest absolute Gasteiger partial charge is 0.493 e. The Morgan fingerprint density at radius 1 is 1.55 bits per heavy atom. The smallest absolute Gasteiger partial charge is 0.387 e. The molecule has 0 aliphatic carbocycles. The Morgan fingerprint density at radius 3 is 2.86 bits per heavy atom. The number of aliphatic carboxylic acids is 1. The van der Waals surface area contributed by atoms with Crippen LogP contribution in [-0.4, -0.2) is 42.3 Å². The van der Waals surface area contributed by atoms with E-state index in [2.05, 4.69) is 20.7 Å². The maximum atomic E-state index is 12.4. The second-order valence-corrected chi connectivity index (χ2v) is 5.81. The Morgan fingerprint density at radius 2 is 2.27 bits per heavy atom. The van der Waals surface area contributed by atoms with E-state index in [1.165, 1.54) is 7.11 Å². The van der Waals surface area contributed by atoms with Crippen LogP contribution in [0.4, 0.5) is 8.78 Å². The number of carboxylic acids is 1. The van der Waals surface area contributed by atoms with Crippen LogP contribution in [0.3, 0.4) is 0 Å². The van der Waals surface area contributed by atoms with Gasteiger partial charge in [-0.2, -0.15) is 8.78 Å². The third kappa shape index (κ3) is 3.86. The fourth-order valence-corrected chi connectivity index (χ4v) is 3.18. The minimum Gasteiger partial charge on any atom is -0.493 e. The number of methoxy groups -OCH3 is 1. The molecule has 1 aliphatic heterocycles. The average molecular weight is 380 g/mol. The fraction of sp³-hybridized carbons (Fsp3) is 0.500. The minimum atomic E-state index is -2.95. The molecule has 22 heavy (non-hydrogen) atoms. The van der Waals surface area contributed by atoms with Gasteiger partial charge < -0.3 is 14.6 Å². The Balaban J connectivity index is 2.22. The molecular formula is C14H16BrF2NO4. The lowest BCUT2D eigenvalue weighted by molar-refractivity contribution is -0.142. The second-order valence-electron chi connectivity index (χ2n) is 4.95. The summed E-state index contributed by atoms with van der Waals surface area (Å²) in [4.78, 5) is 13.0. The second kappa shape index (κ2) is 7.23. The number of ether oxygens (including phenoxy) is 2. The number of halogens is 3. The molecule has 1 unspecified atom stereocenters.